The number of Topliss-reactive ketones (excluding diaryl/α,β-unsaturated/α-hetero) is 1. The second-order valence-corrected chi connectivity index (χ2v) is 17.5. The first kappa shape index (κ1) is 59.7. The highest BCUT2D eigenvalue weighted by atomic mass is 16.5. The molecule has 1 amide bonds. The summed E-state index contributed by atoms with van der Waals surface area (Å²) in [5.74, 6) is 3.93. The third kappa shape index (κ3) is 34.7. The van der Waals surface area contributed by atoms with Gasteiger partial charge < -0.3 is 14.4 Å². The number of carbonyl (C=O) groups excluding carboxylic acids is 2. The van der Waals surface area contributed by atoms with E-state index in [0.29, 0.717) is 37.6 Å². The Kier molecular flexibility index (Phi) is 41.6. The van der Waals surface area contributed by atoms with Crippen LogP contribution >= 0.6 is 0 Å². The van der Waals surface area contributed by atoms with Gasteiger partial charge in [-0.3, -0.25) is 9.59 Å². The molecule has 0 aliphatic carbocycles. The van der Waals surface area contributed by atoms with Crippen molar-refractivity contribution in [2.24, 2.45) is 11.8 Å². The molecular weight excluding hydrogens is 775 g/mol. The molecule has 1 aliphatic heterocycles. The topological polar surface area (TPSA) is 55.8 Å². The average Bonchev–Trinajstić information content (AvgIpc) is 3.30. The normalized spacial score (nSPS) is 13.4. The maximum Gasteiger partial charge on any atom is 0.222 e. The molecule has 1 aromatic rings. The van der Waals surface area contributed by atoms with Gasteiger partial charge in [-0.25, -0.2) is 0 Å². The maximum absolute atomic E-state index is 12.8. The number of carbonyl (C=O) groups is 2. The van der Waals surface area contributed by atoms with E-state index in [1.807, 2.05) is 69.0 Å². The summed E-state index contributed by atoms with van der Waals surface area (Å²) >= 11 is 0. The van der Waals surface area contributed by atoms with Crippen molar-refractivity contribution in [1.82, 2.24) is 4.90 Å². The number of ether oxygens (including phenoxy) is 2. The van der Waals surface area contributed by atoms with E-state index in [-0.39, 0.29) is 11.8 Å². The van der Waals surface area contributed by atoms with Crippen LogP contribution in [0.25, 0.3) is 0 Å². The van der Waals surface area contributed by atoms with E-state index in [9.17, 15) is 9.59 Å². The first-order valence-electron chi connectivity index (χ1n) is 26.2. The predicted molar refractivity (Wildman–Crippen MR) is 275 cm³/mol. The van der Waals surface area contributed by atoms with E-state index in [2.05, 4.69) is 58.2 Å². The van der Waals surface area contributed by atoms with Crippen LogP contribution in [-0.4, -0.2) is 36.3 Å². The number of benzene rings is 1. The number of rotatable bonds is 36. The lowest BCUT2D eigenvalue weighted by Crippen LogP contribution is -2.40. The van der Waals surface area contributed by atoms with E-state index in [0.717, 1.165) is 113 Å². The molecule has 1 aromatic carbocycles. The van der Waals surface area contributed by atoms with Crippen LogP contribution in [0.1, 0.15) is 227 Å². The van der Waals surface area contributed by atoms with E-state index in [1.54, 1.807) is 0 Å². The maximum atomic E-state index is 12.8. The van der Waals surface area contributed by atoms with E-state index < -0.39 is 0 Å². The van der Waals surface area contributed by atoms with Gasteiger partial charge >= 0.3 is 0 Å². The summed E-state index contributed by atoms with van der Waals surface area (Å²) in [4.78, 5) is 27.3. The molecule has 1 aliphatic rings. The van der Waals surface area contributed by atoms with Crippen molar-refractivity contribution in [2.75, 3.05) is 19.7 Å². The molecule has 360 valence electrons. The monoisotopic (exact) mass is 874 g/mol. The first-order valence-corrected chi connectivity index (χ1v) is 26.2. The molecule has 63 heavy (non-hydrogen) atoms. The SMILES string of the molecule is C/C=C/C=C/C.C=C(Cc1ccc(OC(=C)CCCCCCC/C=C\CCCCCCCC)cc1)OCCC(CCC)CCCCC(=O)N1CCC(C(=O)CCCCC)CC1.CC. The highest BCUT2D eigenvalue weighted by Crippen LogP contribution is 2.24. The lowest BCUT2D eigenvalue weighted by molar-refractivity contribution is -0.135. The number of likely N-dealkylation sites (tertiary alicyclic amines) is 1. The van der Waals surface area contributed by atoms with Gasteiger partial charge in [-0.05, 0) is 102 Å². The molecule has 0 spiro atoms. The fourth-order valence-electron chi connectivity index (χ4n) is 8.07. The number of unbranched alkanes of at least 4 members (excludes halogenated alkanes) is 14. The average molecular weight is 874 g/mol. The van der Waals surface area contributed by atoms with Crippen LogP contribution in [0.3, 0.4) is 0 Å². The molecule has 1 heterocycles. The number of piperidine rings is 1. The molecule has 0 N–H and O–H groups in total. The van der Waals surface area contributed by atoms with Gasteiger partial charge in [0, 0.05) is 44.7 Å². The molecule has 5 nitrogen and oxygen atoms in total. The van der Waals surface area contributed by atoms with E-state index in [1.165, 1.54) is 83.5 Å². The summed E-state index contributed by atoms with van der Waals surface area (Å²) in [6.07, 6.45) is 44.2. The summed E-state index contributed by atoms with van der Waals surface area (Å²) in [6.45, 7) is 25.2. The van der Waals surface area contributed by atoms with Gasteiger partial charge in [0.2, 0.25) is 5.91 Å². The molecular formula is C58H99NO4. The minimum Gasteiger partial charge on any atom is -0.498 e. The molecule has 0 saturated carbocycles. The third-order valence-corrected chi connectivity index (χ3v) is 11.9. The minimum atomic E-state index is 0.164. The fraction of sp³-hybridized carbons (Fsp3) is 0.690. The second-order valence-electron chi connectivity index (χ2n) is 17.5. The molecule has 0 aromatic heterocycles. The summed E-state index contributed by atoms with van der Waals surface area (Å²) in [6, 6.07) is 8.23. The molecule has 1 fully saturated rings. The lowest BCUT2D eigenvalue weighted by atomic mass is 9.89. The number of allylic oxidation sites excluding steroid dienone is 8. The van der Waals surface area contributed by atoms with Crippen molar-refractivity contribution < 1.29 is 19.1 Å². The zero-order chi connectivity index (χ0) is 46.6. The van der Waals surface area contributed by atoms with Gasteiger partial charge in [0.25, 0.3) is 0 Å². The van der Waals surface area contributed by atoms with Crippen LogP contribution < -0.4 is 4.74 Å². The number of hydrogen-bond acceptors (Lipinski definition) is 4. The fourth-order valence-corrected chi connectivity index (χ4v) is 8.07. The second kappa shape index (κ2) is 43.9. The Hall–Kier alpha value is -3.34. The minimum absolute atomic E-state index is 0.164. The highest BCUT2D eigenvalue weighted by Gasteiger charge is 2.26. The Bertz CT molecular complexity index is 1320. The smallest absolute Gasteiger partial charge is 0.222 e. The lowest BCUT2D eigenvalue weighted by Gasteiger charge is -2.31. The van der Waals surface area contributed by atoms with Crippen LogP contribution in [0.15, 0.2) is 85.4 Å². The Morgan fingerprint density at radius 1 is 0.651 bits per heavy atom. The Labute approximate surface area is 390 Å². The summed E-state index contributed by atoms with van der Waals surface area (Å²) in [5, 5.41) is 0. The van der Waals surface area contributed by atoms with Crippen LogP contribution in [-0.2, 0) is 20.7 Å². The van der Waals surface area contributed by atoms with E-state index >= 15 is 0 Å². The van der Waals surface area contributed by atoms with Crippen LogP contribution in [0.2, 0.25) is 0 Å². The third-order valence-electron chi connectivity index (χ3n) is 11.9. The van der Waals surface area contributed by atoms with Crippen LogP contribution in [0.5, 0.6) is 5.75 Å². The highest BCUT2D eigenvalue weighted by molar-refractivity contribution is 5.81. The summed E-state index contributed by atoms with van der Waals surface area (Å²) < 4.78 is 12.1. The van der Waals surface area contributed by atoms with Gasteiger partial charge in [-0.1, -0.05) is 186 Å². The number of nitrogens with zero attached hydrogens (tertiary/aromatic N) is 1. The number of hydrogen-bond donors (Lipinski definition) is 0. The molecule has 1 unspecified atom stereocenters. The molecule has 2 rings (SSSR count). The van der Waals surface area contributed by atoms with Crippen molar-refractivity contribution in [3.63, 3.8) is 0 Å². The van der Waals surface area contributed by atoms with E-state index in [4.69, 9.17) is 9.47 Å². The Balaban J connectivity index is 0.00000440. The molecule has 0 radical (unpaired) electrons. The number of ketones is 1. The first-order chi connectivity index (χ1) is 30.8. The Morgan fingerprint density at radius 2 is 1.19 bits per heavy atom. The predicted octanol–water partition coefficient (Wildman–Crippen LogP) is 17.6. The van der Waals surface area contributed by atoms with Crippen molar-refractivity contribution in [3.8, 4) is 5.75 Å². The molecule has 5 heteroatoms. The number of amides is 1. The zero-order valence-electron chi connectivity index (χ0n) is 42.3. The van der Waals surface area contributed by atoms with Crippen LogP contribution in [0.4, 0.5) is 0 Å². The summed E-state index contributed by atoms with van der Waals surface area (Å²) in [7, 11) is 0. The van der Waals surface area contributed by atoms with Gasteiger partial charge in [0.15, 0.2) is 0 Å². The van der Waals surface area contributed by atoms with Gasteiger partial charge in [-0.15, -0.1) is 0 Å². The van der Waals surface area contributed by atoms with Gasteiger partial charge in [0.05, 0.1) is 18.1 Å². The Morgan fingerprint density at radius 3 is 1.78 bits per heavy atom. The quantitative estimate of drug-likeness (QED) is 0.0292. The van der Waals surface area contributed by atoms with Gasteiger partial charge in [0.1, 0.15) is 11.5 Å². The molecule has 1 saturated heterocycles. The zero-order valence-corrected chi connectivity index (χ0v) is 42.3. The van der Waals surface area contributed by atoms with Gasteiger partial charge in [-0.2, -0.15) is 0 Å². The largest absolute Gasteiger partial charge is 0.498 e. The summed E-state index contributed by atoms with van der Waals surface area (Å²) in [5.41, 5.74) is 1.16. The van der Waals surface area contributed by atoms with Crippen molar-refractivity contribution in [2.45, 2.75) is 228 Å². The van der Waals surface area contributed by atoms with Crippen molar-refractivity contribution in [3.05, 3.63) is 91.0 Å². The standard InChI is InChI=1S/C50H83NO4.C6H10.C2H6/c1-6-9-11-12-13-14-15-16-17-18-19-20-21-22-24-28-43(4)55-48-34-32-46(33-35-48)42-44(5)54-41-38-45(27-8-3)29-25-26-31-50(53)51-39-36-47(37-40-51)49(52)30-23-10-7-2;1-3-5-6-4-2;1-2/h16-17,32-35,45,47H,4-15,18-31,36-42H2,1-3H3;3-6H,1-2H3;1-2H3/b17-16-;5-3+,6-4+;. The molecule has 0 bridgehead atoms. The van der Waals surface area contributed by atoms with Crippen LogP contribution in [0, 0.1) is 11.8 Å². The van der Waals surface area contributed by atoms with Crippen molar-refractivity contribution >= 4 is 11.7 Å². The van der Waals surface area contributed by atoms with Crippen molar-refractivity contribution in [1.29, 1.82) is 0 Å². The molecule has 1 atom stereocenters.